The molecule has 22 heavy (non-hydrogen) atoms. The molecule has 0 aliphatic carbocycles. The topological polar surface area (TPSA) is 71.4 Å². The van der Waals surface area contributed by atoms with E-state index in [0.29, 0.717) is 22.7 Å². The van der Waals surface area contributed by atoms with Gasteiger partial charge in [-0.2, -0.15) is 4.98 Å². The second-order valence-corrected chi connectivity index (χ2v) is 6.49. The van der Waals surface area contributed by atoms with Gasteiger partial charge in [0, 0.05) is 29.5 Å². The molecule has 7 heteroatoms. The van der Waals surface area contributed by atoms with Crippen LogP contribution in [0.4, 0.5) is 11.8 Å². The predicted octanol–water partition coefficient (Wildman–Crippen LogP) is 2.11. The van der Waals surface area contributed by atoms with Crippen LogP contribution in [0.15, 0.2) is 22.6 Å². The number of halogens is 1. The van der Waals surface area contributed by atoms with Crippen LogP contribution in [0.2, 0.25) is 5.02 Å². The molecule has 0 radical (unpaired) electrons. The Morgan fingerprint density at radius 2 is 2.14 bits per heavy atom. The number of nitrogens with zero attached hydrogens (tertiary/aromatic N) is 4. The van der Waals surface area contributed by atoms with Crippen LogP contribution in [0, 0.1) is 0 Å². The average Bonchev–Trinajstić information content (AvgIpc) is 2.82. The lowest BCUT2D eigenvalue weighted by Crippen LogP contribution is -2.78. The number of hydrogen-bond acceptors (Lipinski definition) is 6. The fourth-order valence-electron chi connectivity index (χ4n) is 3.53. The molecule has 6 nitrogen and oxygen atoms in total. The normalized spacial score (nSPS) is 24.4. The number of anilines is 2. The molecule has 2 aliphatic heterocycles. The lowest BCUT2D eigenvalue weighted by molar-refractivity contribution is 0.0363. The molecule has 2 unspecified atom stereocenters. The minimum Gasteiger partial charge on any atom is -0.450 e. The highest BCUT2D eigenvalue weighted by Crippen LogP contribution is 2.41. The van der Waals surface area contributed by atoms with E-state index in [2.05, 4.69) is 26.8 Å². The highest BCUT2D eigenvalue weighted by atomic mass is 35.5. The smallest absolute Gasteiger partial charge is 0.222 e. The Labute approximate surface area is 131 Å². The third-order valence-corrected chi connectivity index (χ3v) is 5.05. The van der Waals surface area contributed by atoms with E-state index in [9.17, 15) is 0 Å². The zero-order valence-electron chi connectivity index (χ0n) is 12.0. The Hall–Kier alpha value is -2.05. The number of likely N-dealkylation sites (N-methyl/N-ethyl adjacent to an activating group) is 1. The summed E-state index contributed by atoms with van der Waals surface area (Å²) in [5, 5.41) is 1.53. The second-order valence-electron chi connectivity index (χ2n) is 6.05. The number of furan rings is 1. The summed E-state index contributed by atoms with van der Waals surface area (Å²) in [5.74, 6) is 1.06. The quantitative estimate of drug-likeness (QED) is 0.741. The molecule has 0 amide bonds. The lowest BCUT2D eigenvalue weighted by Gasteiger charge is -2.61. The largest absolute Gasteiger partial charge is 0.450 e. The Kier molecular flexibility index (Phi) is 2.28. The van der Waals surface area contributed by atoms with Crippen LogP contribution in [0.5, 0.6) is 0 Å². The number of aromatic nitrogens is 2. The summed E-state index contributed by atoms with van der Waals surface area (Å²) in [6.07, 6.45) is 0. The molecule has 0 saturated carbocycles. The van der Waals surface area contributed by atoms with Crippen molar-refractivity contribution in [3.63, 3.8) is 0 Å². The minimum atomic E-state index is 0.265. The molecule has 2 N–H and O–H groups in total. The van der Waals surface area contributed by atoms with Gasteiger partial charge in [-0.3, -0.25) is 4.90 Å². The summed E-state index contributed by atoms with van der Waals surface area (Å²) in [6, 6.07) is 6.64. The first-order valence-electron chi connectivity index (χ1n) is 7.24. The van der Waals surface area contributed by atoms with Crippen molar-refractivity contribution in [2.24, 2.45) is 0 Å². The number of piperazine rings is 1. The number of benzene rings is 1. The zero-order chi connectivity index (χ0) is 15.0. The third kappa shape index (κ3) is 1.48. The van der Waals surface area contributed by atoms with Crippen LogP contribution in [0.3, 0.4) is 0 Å². The van der Waals surface area contributed by atoms with E-state index in [4.69, 9.17) is 21.8 Å². The molecule has 2 aromatic heterocycles. The van der Waals surface area contributed by atoms with Crippen molar-refractivity contribution in [2.45, 2.75) is 12.1 Å². The summed E-state index contributed by atoms with van der Waals surface area (Å²) in [5.41, 5.74) is 8.10. The molecule has 4 heterocycles. The maximum Gasteiger partial charge on any atom is 0.222 e. The van der Waals surface area contributed by atoms with Gasteiger partial charge < -0.3 is 15.1 Å². The van der Waals surface area contributed by atoms with E-state index in [0.717, 1.165) is 35.4 Å². The Bertz CT molecular complexity index is 923. The van der Waals surface area contributed by atoms with Crippen molar-refractivity contribution in [3.8, 4) is 0 Å². The van der Waals surface area contributed by atoms with Gasteiger partial charge in [0.1, 0.15) is 11.1 Å². The first-order chi connectivity index (χ1) is 10.6. The van der Waals surface area contributed by atoms with Crippen LogP contribution >= 0.6 is 11.6 Å². The van der Waals surface area contributed by atoms with E-state index in [-0.39, 0.29) is 5.95 Å². The number of nitrogen functional groups attached to an aromatic ring is 1. The van der Waals surface area contributed by atoms with Crippen LogP contribution < -0.4 is 10.6 Å². The van der Waals surface area contributed by atoms with E-state index >= 15 is 0 Å². The Balaban J connectivity index is 1.73. The summed E-state index contributed by atoms with van der Waals surface area (Å²) >= 11 is 6.09. The van der Waals surface area contributed by atoms with Crippen molar-refractivity contribution in [2.75, 3.05) is 30.8 Å². The molecule has 112 valence electrons. The monoisotopic (exact) mass is 315 g/mol. The van der Waals surface area contributed by atoms with Crippen LogP contribution in [-0.2, 0) is 0 Å². The van der Waals surface area contributed by atoms with Crippen LogP contribution in [-0.4, -0.2) is 47.1 Å². The Morgan fingerprint density at radius 3 is 2.86 bits per heavy atom. The van der Waals surface area contributed by atoms with Crippen molar-refractivity contribution < 1.29 is 4.42 Å². The second kappa shape index (κ2) is 4.02. The fourth-order valence-corrected chi connectivity index (χ4v) is 3.70. The van der Waals surface area contributed by atoms with Gasteiger partial charge in [0.15, 0.2) is 11.4 Å². The molecule has 5 rings (SSSR count). The highest BCUT2D eigenvalue weighted by Gasteiger charge is 2.51. The zero-order valence-corrected chi connectivity index (χ0v) is 12.7. The molecular formula is C15H14ClN5O. The van der Waals surface area contributed by atoms with Gasteiger partial charge in [0.25, 0.3) is 0 Å². The average molecular weight is 316 g/mol. The number of rotatable bonds is 1. The van der Waals surface area contributed by atoms with Crippen LogP contribution in [0.25, 0.3) is 22.1 Å². The van der Waals surface area contributed by atoms with Gasteiger partial charge >= 0.3 is 0 Å². The van der Waals surface area contributed by atoms with E-state index < -0.39 is 0 Å². The van der Waals surface area contributed by atoms with E-state index in [1.54, 1.807) is 0 Å². The molecule has 2 fully saturated rings. The lowest BCUT2D eigenvalue weighted by atomic mass is 9.86. The standard InChI is InChI=1S/C15H14ClN5O/c1-20-5-10-9(20)6-21(10)14-13-12(18-15(17)19-14)8-4-7(16)2-3-11(8)22-13/h2-4,9-10H,5-6H2,1H3,(H2,17,18,19). The molecule has 2 atom stereocenters. The Morgan fingerprint density at radius 1 is 1.27 bits per heavy atom. The molecule has 2 saturated heterocycles. The summed E-state index contributed by atoms with van der Waals surface area (Å²) in [7, 11) is 2.14. The summed E-state index contributed by atoms with van der Waals surface area (Å²) in [4.78, 5) is 13.4. The van der Waals surface area contributed by atoms with Crippen LogP contribution in [0.1, 0.15) is 0 Å². The maximum absolute atomic E-state index is 6.09. The third-order valence-electron chi connectivity index (χ3n) is 4.82. The maximum atomic E-state index is 6.09. The fraction of sp³-hybridized carbons (Fsp3) is 0.333. The van der Waals surface area contributed by atoms with E-state index in [1.165, 1.54) is 0 Å². The number of hydrogen-bond donors (Lipinski definition) is 1. The molecular weight excluding hydrogens is 302 g/mol. The minimum absolute atomic E-state index is 0.265. The van der Waals surface area contributed by atoms with Gasteiger partial charge in [0.2, 0.25) is 5.95 Å². The number of likely N-dealkylation sites (tertiary alicyclic amines) is 1. The molecule has 0 spiro atoms. The molecule has 3 aromatic rings. The van der Waals surface area contributed by atoms with Crippen molar-refractivity contribution >= 4 is 45.4 Å². The van der Waals surface area contributed by atoms with Crippen molar-refractivity contribution in [1.82, 2.24) is 14.9 Å². The summed E-state index contributed by atoms with van der Waals surface area (Å²) in [6.45, 7) is 1.99. The van der Waals surface area contributed by atoms with Gasteiger partial charge in [0.05, 0.1) is 6.04 Å². The first-order valence-corrected chi connectivity index (χ1v) is 7.62. The van der Waals surface area contributed by atoms with E-state index in [1.807, 2.05) is 18.2 Å². The SMILES string of the molecule is CN1CC2C1CN2c1nc(N)nc2c1oc1ccc(Cl)cc12. The first kappa shape index (κ1) is 12.5. The predicted molar refractivity (Wildman–Crippen MR) is 86.3 cm³/mol. The molecule has 1 aromatic carbocycles. The van der Waals surface area contributed by atoms with Gasteiger partial charge in [-0.05, 0) is 25.2 Å². The van der Waals surface area contributed by atoms with Gasteiger partial charge in [-0.15, -0.1) is 0 Å². The van der Waals surface area contributed by atoms with Gasteiger partial charge in [-0.25, -0.2) is 4.98 Å². The summed E-state index contributed by atoms with van der Waals surface area (Å²) < 4.78 is 5.99. The number of nitrogens with two attached hydrogens (primary N) is 1. The molecule has 2 aliphatic rings. The highest BCUT2D eigenvalue weighted by molar-refractivity contribution is 6.31. The van der Waals surface area contributed by atoms with Crippen molar-refractivity contribution in [1.29, 1.82) is 0 Å². The number of fused-ring (bicyclic) bond motifs is 4. The van der Waals surface area contributed by atoms with Crippen molar-refractivity contribution in [3.05, 3.63) is 23.2 Å². The molecule has 0 bridgehead atoms. The van der Waals surface area contributed by atoms with Gasteiger partial charge in [-0.1, -0.05) is 11.6 Å².